The van der Waals surface area contributed by atoms with Gasteiger partial charge in [-0.05, 0) is 37.1 Å². The summed E-state index contributed by atoms with van der Waals surface area (Å²) < 4.78 is 49.9. The van der Waals surface area contributed by atoms with Crippen molar-refractivity contribution in [2.24, 2.45) is 0 Å². The first kappa shape index (κ1) is 21.1. The molecule has 10 heteroatoms. The fraction of sp³-hybridized carbons (Fsp3) is 0.438. The van der Waals surface area contributed by atoms with Crippen molar-refractivity contribution in [3.63, 3.8) is 0 Å². The van der Waals surface area contributed by atoms with Crippen LogP contribution in [0.4, 0.5) is 5.00 Å². The van der Waals surface area contributed by atoms with Crippen molar-refractivity contribution < 1.29 is 16.8 Å². The second-order valence-electron chi connectivity index (χ2n) is 5.81. The van der Waals surface area contributed by atoms with E-state index in [-0.39, 0.29) is 14.3 Å². The van der Waals surface area contributed by atoms with Gasteiger partial charge in [-0.15, -0.1) is 0 Å². The molecule has 0 N–H and O–H groups in total. The Morgan fingerprint density at radius 3 is 2.04 bits per heavy atom. The van der Waals surface area contributed by atoms with Gasteiger partial charge in [-0.1, -0.05) is 36.8 Å². The number of hydrogen-bond acceptors (Lipinski definition) is 7. The molecule has 0 unspecified atom stereocenters. The number of rotatable bonds is 8. The Morgan fingerprint density at radius 2 is 1.58 bits per heavy atom. The van der Waals surface area contributed by atoms with E-state index in [0.717, 1.165) is 30.4 Å². The van der Waals surface area contributed by atoms with Gasteiger partial charge in [0.2, 0.25) is 24.0 Å². The second-order valence-corrected chi connectivity index (χ2v) is 11.3. The van der Waals surface area contributed by atoms with Crippen molar-refractivity contribution in [1.82, 2.24) is 4.98 Å². The molecular weight excluding hydrogens is 416 g/mol. The molecule has 0 aliphatic heterocycles. The molecule has 0 saturated heterocycles. The van der Waals surface area contributed by atoms with Crippen LogP contribution in [-0.2, 0) is 19.7 Å². The number of benzene rings is 1. The first-order chi connectivity index (χ1) is 12.1. The molecule has 0 saturated carbocycles. The maximum atomic E-state index is 13.1. The summed E-state index contributed by atoms with van der Waals surface area (Å²) in [4.78, 5) is 5.92. The van der Waals surface area contributed by atoms with Crippen molar-refractivity contribution in [3.8, 4) is 0 Å². The highest BCUT2D eigenvalue weighted by atomic mass is 35.5. The zero-order valence-electron chi connectivity index (χ0n) is 14.8. The van der Waals surface area contributed by atoms with E-state index in [1.165, 1.54) is 24.3 Å². The molecule has 1 aromatic heterocycles. The van der Waals surface area contributed by atoms with Crippen molar-refractivity contribution in [2.75, 3.05) is 24.2 Å². The van der Waals surface area contributed by atoms with Gasteiger partial charge < -0.3 is 4.90 Å². The highest BCUT2D eigenvalue weighted by Gasteiger charge is 2.31. The van der Waals surface area contributed by atoms with Gasteiger partial charge >= 0.3 is 0 Å². The van der Waals surface area contributed by atoms with Crippen LogP contribution < -0.4 is 4.90 Å². The fourth-order valence-corrected chi connectivity index (χ4v) is 6.22. The van der Waals surface area contributed by atoms with Crippen LogP contribution in [-0.4, -0.2) is 41.2 Å². The monoisotopic (exact) mass is 436 g/mol. The Hall–Kier alpha value is -1.16. The molecule has 26 heavy (non-hydrogen) atoms. The average Bonchev–Trinajstić information content (AvgIpc) is 3.01. The van der Waals surface area contributed by atoms with Crippen LogP contribution in [0.3, 0.4) is 0 Å². The summed E-state index contributed by atoms with van der Waals surface area (Å²) in [6.07, 6.45) is 2.62. The maximum Gasteiger partial charge on any atom is 0.226 e. The standard InChI is InChI=1S/C16H21ClN2O4S3/c1-4-10-19(11-5-2)15-14(18-16(24-15)25(3,20)21)26(22,23)13-8-6-12(17)7-9-13/h6-9H,4-5,10-11H2,1-3H3. The van der Waals surface area contributed by atoms with Gasteiger partial charge in [-0.25, -0.2) is 21.8 Å². The molecule has 0 aliphatic rings. The van der Waals surface area contributed by atoms with E-state index in [4.69, 9.17) is 11.6 Å². The summed E-state index contributed by atoms with van der Waals surface area (Å²) in [7, 11) is -7.59. The molecule has 2 rings (SSSR count). The largest absolute Gasteiger partial charge is 0.361 e. The van der Waals surface area contributed by atoms with E-state index in [1.54, 1.807) is 0 Å². The molecular formula is C16H21ClN2O4S3. The average molecular weight is 437 g/mol. The molecule has 2 aromatic rings. The molecule has 1 heterocycles. The van der Waals surface area contributed by atoms with Crippen LogP contribution in [0.1, 0.15) is 26.7 Å². The van der Waals surface area contributed by atoms with E-state index < -0.39 is 19.7 Å². The molecule has 6 nitrogen and oxygen atoms in total. The minimum Gasteiger partial charge on any atom is -0.361 e. The molecule has 0 aliphatic carbocycles. The number of sulfone groups is 2. The third kappa shape index (κ3) is 4.57. The quantitative estimate of drug-likeness (QED) is 0.627. The summed E-state index contributed by atoms with van der Waals surface area (Å²) in [6, 6.07) is 5.75. The summed E-state index contributed by atoms with van der Waals surface area (Å²) >= 11 is 6.74. The van der Waals surface area contributed by atoms with Crippen LogP contribution >= 0.6 is 22.9 Å². The Labute approximate surface area is 163 Å². The van der Waals surface area contributed by atoms with E-state index in [1.807, 2.05) is 18.7 Å². The zero-order chi connectivity index (χ0) is 19.5. The van der Waals surface area contributed by atoms with Crippen LogP contribution in [0.25, 0.3) is 0 Å². The molecule has 144 valence electrons. The number of aromatic nitrogens is 1. The van der Waals surface area contributed by atoms with Crippen molar-refractivity contribution >= 4 is 47.6 Å². The molecule has 1 aromatic carbocycles. The summed E-state index contributed by atoms with van der Waals surface area (Å²) in [5.41, 5.74) is 0. The maximum absolute atomic E-state index is 13.1. The Balaban J connectivity index is 2.69. The Morgan fingerprint density at radius 1 is 1.04 bits per heavy atom. The predicted octanol–water partition coefficient (Wildman–Crippen LogP) is 3.66. The van der Waals surface area contributed by atoms with Gasteiger partial charge in [0.25, 0.3) is 0 Å². The number of thiazole rings is 1. The summed E-state index contributed by atoms with van der Waals surface area (Å²) in [5, 5.41) is 0.564. The first-order valence-electron chi connectivity index (χ1n) is 8.07. The van der Waals surface area contributed by atoms with E-state index in [9.17, 15) is 16.8 Å². The second kappa shape index (κ2) is 8.24. The van der Waals surface area contributed by atoms with Gasteiger partial charge in [0, 0.05) is 24.4 Å². The Bertz CT molecular complexity index is 961. The lowest BCUT2D eigenvalue weighted by molar-refractivity contribution is 0.590. The van der Waals surface area contributed by atoms with Gasteiger partial charge in [0.1, 0.15) is 5.00 Å². The van der Waals surface area contributed by atoms with E-state index >= 15 is 0 Å². The van der Waals surface area contributed by atoms with Crippen LogP contribution in [0.5, 0.6) is 0 Å². The smallest absolute Gasteiger partial charge is 0.226 e. The third-order valence-electron chi connectivity index (χ3n) is 3.53. The number of anilines is 1. The minimum atomic E-state index is -3.97. The molecule has 0 atom stereocenters. The lowest BCUT2D eigenvalue weighted by Gasteiger charge is -2.22. The molecule has 0 spiro atoms. The molecule has 0 radical (unpaired) electrons. The normalized spacial score (nSPS) is 12.3. The highest BCUT2D eigenvalue weighted by molar-refractivity contribution is 7.93. The number of halogens is 1. The zero-order valence-corrected chi connectivity index (χ0v) is 18.0. The van der Waals surface area contributed by atoms with Gasteiger partial charge in [-0.3, -0.25) is 0 Å². The summed E-state index contributed by atoms with van der Waals surface area (Å²) in [6.45, 7) is 5.19. The SMILES string of the molecule is CCCN(CCC)c1sc(S(C)(=O)=O)nc1S(=O)(=O)c1ccc(Cl)cc1. The van der Waals surface area contributed by atoms with Crippen molar-refractivity contribution in [1.29, 1.82) is 0 Å². The predicted molar refractivity (Wildman–Crippen MR) is 105 cm³/mol. The molecule has 0 bridgehead atoms. The van der Waals surface area contributed by atoms with Crippen LogP contribution in [0.2, 0.25) is 5.02 Å². The lowest BCUT2D eigenvalue weighted by Crippen LogP contribution is -2.25. The van der Waals surface area contributed by atoms with E-state index in [0.29, 0.717) is 23.1 Å². The van der Waals surface area contributed by atoms with E-state index in [2.05, 4.69) is 4.98 Å². The minimum absolute atomic E-state index is 0.0291. The highest BCUT2D eigenvalue weighted by Crippen LogP contribution is 2.37. The lowest BCUT2D eigenvalue weighted by atomic mass is 10.4. The van der Waals surface area contributed by atoms with Crippen molar-refractivity contribution in [2.45, 2.75) is 41.0 Å². The van der Waals surface area contributed by atoms with Crippen LogP contribution in [0, 0.1) is 0 Å². The molecule has 0 fully saturated rings. The Kier molecular flexibility index (Phi) is 6.70. The van der Waals surface area contributed by atoms with Gasteiger partial charge in [0.15, 0.2) is 5.03 Å². The number of hydrogen-bond donors (Lipinski definition) is 0. The summed E-state index contributed by atoms with van der Waals surface area (Å²) in [5.74, 6) is 0. The van der Waals surface area contributed by atoms with Crippen molar-refractivity contribution in [3.05, 3.63) is 29.3 Å². The van der Waals surface area contributed by atoms with Crippen LogP contribution in [0.15, 0.2) is 38.5 Å². The number of nitrogens with zero attached hydrogens (tertiary/aromatic N) is 2. The van der Waals surface area contributed by atoms with Gasteiger partial charge in [-0.2, -0.15) is 0 Å². The molecule has 0 amide bonds. The topological polar surface area (TPSA) is 84.4 Å². The first-order valence-corrected chi connectivity index (χ1v) is 12.6. The fourth-order valence-electron chi connectivity index (χ4n) is 2.39. The van der Waals surface area contributed by atoms with Gasteiger partial charge in [0.05, 0.1) is 4.90 Å². The third-order valence-corrected chi connectivity index (χ3v) is 8.39.